The number of anilines is 1. The van der Waals surface area contributed by atoms with Gasteiger partial charge in [-0.2, -0.15) is 0 Å². The van der Waals surface area contributed by atoms with Crippen LogP contribution in [0.5, 0.6) is 0 Å². The predicted octanol–water partition coefficient (Wildman–Crippen LogP) is 3.42. The third-order valence-electron chi connectivity index (χ3n) is 5.00. The molecule has 1 unspecified atom stereocenters. The number of rotatable bonds is 6. The summed E-state index contributed by atoms with van der Waals surface area (Å²) in [4.78, 5) is 26.6. The lowest BCUT2D eigenvalue weighted by Gasteiger charge is -2.26. The Hall–Kier alpha value is -3.49. The van der Waals surface area contributed by atoms with E-state index in [9.17, 15) is 18.0 Å². The van der Waals surface area contributed by atoms with Crippen molar-refractivity contribution in [3.05, 3.63) is 95.6 Å². The summed E-state index contributed by atoms with van der Waals surface area (Å²) in [6, 6.07) is 21.2. The van der Waals surface area contributed by atoms with Crippen molar-refractivity contribution < 1.29 is 18.0 Å². The van der Waals surface area contributed by atoms with E-state index in [1.54, 1.807) is 74.6 Å². The number of benzene rings is 3. The van der Waals surface area contributed by atoms with Gasteiger partial charge >= 0.3 is 0 Å². The van der Waals surface area contributed by atoms with Crippen LogP contribution in [0.4, 0.5) is 5.69 Å². The number of carbonyl (C=O) groups excluding carboxylic acids is 2. The molecule has 0 saturated heterocycles. The molecule has 0 aliphatic carbocycles. The fourth-order valence-corrected chi connectivity index (χ4v) is 3.61. The van der Waals surface area contributed by atoms with Crippen LogP contribution in [0, 0.1) is 0 Å². The summed E-state index contributed by atoms with van der Waals surface area (Å²) in [6.07, 6.45) is 0. The first-order valence-corrected chi connectivity index (χ1v) is 11.1. The number of carbonyl (C=O) groups is 2. The molecule has 2 amide bonds. The molecule has 0 spiro atoms. The van der Waals surface area contributed by atoms with Gasteiger partial charge in [-0.25, -0.2) is 13.6 Å². The van der Waals surface area contributed by atoms with Crippen LogP contribution in [0.2, 0.25) is 0 Å². The Morgan fingerprint density at radius 1 is 0.903 bits per heavy atom. The van der Waals surface area contributed by atoms with Gasteiger partial charge in [0.2, 0.25) is 10.0 Å². The summed E-state index contributed by atoms with van der Waals surface area (Å²) in [5.74, 6) is -0.477. The zero-order chi connectivity index (χ0) is 22.6. The van der Waals surface area contributed by atoms with Gasteiger partial charge in [0.1, 0.15) is 0 Å². The van der Waals surface area contributed by atoms with Gasteiger partial charge < -0.3 is 10.2 Å². The zero-order valence-corrected chi connectivity index (χ0v) is 18.0. The molecule has 0 fully saturated rings. The maximum absolute atomic E-state index is 12.9. The third kappa shape index (κ3) is 5.36. The Kier molecular flexibility index (Phi) is 6.53. The zero-order valence-electron chi connectivity index (χ0n) is 17.1. The van der Waals surface area contributed by atoms with E-state index in [2.05, 4.69) is 5.32 Å². The highest BCUT2D eigenvalue weighted by Crippen LogP contribution is 2.23. The monoisotopic (exact) mass is 437 g/mol. The molecular weight excluding hydrogens is 414 g/mol. The van der Waals surface area contributed by atoms with Crippen molar-refractivity contribution in [1.29, 1.82) is 0 Å². The fourth-order valence-electron chi connectivity index (χ4n) is 3.04. The van der Waals surface area contributed by atoms with Crippen LogP contribution in [-0.2, 0) is 10.0 Å². The van der Waals surface area contributed by atoms with Crippen LogP contribution in [0.15, 0.2) is 83.8 Å². The first-order chi connectivity index (χ1) is 14.7. The van der Waals surface area contributed by atoms with E-state index in [0.29, 0.717) is 22.4 Å². The molecule has 0 bridgehead atoms. The number of amides is 2. The molecule has 160 valence electrons. The van der Waals surface area contributed by atoms with E-state index in [-0.39, 0.29) is 22.8 Å². The topological polar surface area (TPSA) is 110 Å². The van der Waals surface area contributed by atoms with Crippen molar-refractivity contribution in [3.8, 4) is 0 Å². The van der Waals surface area contributed by atoms with Crippen molar-refractivity contribution >= 4 is 27.5 Å². The van der Waals surface area contributed by atoms with Gasteiger partial charge in [-0.15, -0.1) is 0 Å². The highest BCUT2D eigenvalue weighted by molar-refractivity contribution is 7.89. The van der Waals surface area contributed by atoms with E-state index in [4.69, 9.17) is 5.14 Å². The molecule has 7 nitrogen and oxygen atoms in total. The number of nitrogens with zero attached hydrogens (tertiary/aromatic N) is 1. The van der Waals surface area contributed by atoms with E-state index >= 15 is 0 Å². The molecule has 3 N–H and O–H groups in total. The molecule has 8 heteroatoms. The molecule has 0 radical (unpaired) electrons. The normalized spacial score (nSPS) is 12.1. The van der Waals surface area contributed by atoms with Crippen LogP contribution >= 0.6 is 0 Å². The maximum atomic E-state index is 12.9. The molecule has 0 heterocycles. The van der Waals surface area contributed by atoms with Crippen molar-refractivity contribution in [2.45, 2.75) is 17.9 Å². The molecule has 0 saturated carbocycles. The lowest BCUT2D eigenvalue weighted by atomic mass is 10.1. The Morgan fingerprint density at radius 2 is 1.55 bits per heavy atom. The Labute approximate surface area is 181 Å². The quantitative estimate of drug-likeness (QED) is 0.616. The van der Waals surface area contributed by atoms with Crippen LogP contribution in [0.1, 0.15) is 39.2 Å². The second-order valence-electron chi connectivity index (χ2n) is 7.11. The molecule has 3 rings (SSSR count). The first-order valence-electron chi connectivity index (χ1n) is 9.53. The predicted molar refractivity (Wildman–Crippen MR) is 119 cm³/mol. The average Bonchev–Trinajstić information content (AvgIpc) is 2.78. The van der Waals surface area contributed by atoms with E-state index in [1.807, 2.05) is 6.07 Å². The SMILES string of the molecule is CC(c1cccc(S(N)(=O)=O)c1)N(C)C(=O)c1ccc(NC(=O)c2ccccc2)cc1. The van der Waals surface area contributed by atoms with E-state index in [0.717, 1.165) is 0 Å². The summed E-state index contributed by atoms with van der Waals surface area (Å²) in [7, 11) is -2.19. The third-order valence-corrected chi connectivity index (χ3v) is 5.91. The minimum atomic E-state index is -3.83. The largest absolute Gasteiger partial charge is 0.335 e. The minimum absolute atomic E-state index is 0.00351. The summed E-state index contributed by atoms with van der Waals surface area (Å²) < 4.78 is 23.2. The lowest BCUT2D eigenvalue weighted by Crippen LogP contribution is -2.29. The first kappa shape index (κ1) is 22.2. The second-order valence-corrected chi connectivity index (χ2v) is 8.67. The smallest absolute Gasteiger partial charge is 0.255 e. The molecule has 0 aromatic heterocycles. The molecular formula is C23H23N3O4S. The van der Waals surface area contributed by atoms with Crippen LogP contribution < -0.4 is 10.5 Å². The highest BCUT2D eigenvalue weighted by atomic mass is 32.2. The Balaban J connectivity index is 1.71. The molecule has 3 aromatic rings. The maximum Gasteiger partial charge on any atom is 0.255 e. The second kappa shape index (κ2) is 9.11. The van der Waals surface area contributed by atoms with Crippen molar-refractivity contribution in [2.75, 3.05) is 12.4 Å². The molecule has 1 atom stereocenters. The van der Waals surface area contributed by atoms with Gasteiger partial charge in [0.15, 0.2) is 0 Å². The molecule has 0 aliphatic rings. The standard InChI is InChI=1S/C23H23N3O4S/c1-16(19-9-6-10-21(15-19)31(24,29)30)26(2)23(28)18-11-13-20(14-12-18)25-22(27)17-7-4-3-5-8-17/h3-16H,1-2H3,(H,25,27)(H2,24,29,30). The fraction of sp³-hybridized carbons (Fsp3) is 0.130. The van der Waals surface area contributed by atoms with Gasteiger partial charge in [-0.05, 0) is 61.0 Å². The van der Waals surface area contributed by atoms with Gasteiger partial charge in [-0.3, -0.25) is 9.59 Å². The van der Waals surface area contributed by atoms with Crippen molar-refractivity contribution in [3.63, 3.8) is 0 Å². The number of sulfonamides is 1. The van der Waals surface area contributed by atoms with Gasteiger partial charge in [0.05, 0.1) is 10.9 Å². The van der Waals surface area contributed by atoms with Gasteiger partial charge in [-0.1, -0.05) is 30.3 Å². The summed E-state index contributed by atoms with van der Waals surface area (Å²) in [5, 5.41) is 7.99. The minimum Gasteiger partial charge on any atom is -0.335 e. The lowest BCUT2D eigenvalue weighted by molar-refractivity contribution is 0.0742. The summed E-state index contributed by atoms with van der Waals surface area (Å²) in [5.41, 5.74) is 2.20. The average molecular weight is 438 g/mol. The summed E-state index contributed by atoms with van der Waals surface area (Å²) in [6.45, 7) is 1.80. The Morgan fingerprint density at radius 3 is 2.16 bits per heavy atom. The van der Waals surface area contributed by atoms with E-state index in [1.165, 1.54) is 17.0 Å². The highest BCUT2D eigenvalue weighted by Gasteiger charge is 2.20. The molecule has 0 aliphatic heterocycles. The van der Waals surface area contributed by atoms with Gasteiger partial charge in [0.25, 0.3) is 11.8 Å². The number of nitrogens with one attached hydrogen (secondary N) is 1. The van der Waals surface area contributed by atoms with E-state index < -0.39 is 10.0 Å². The van der Waals surface area contributed by atoms with Crippen molar-refractivity contribution in [1.82, 2.24) is 4.90 Å². The van der Waals surface area contributed by atoms with Gasteiger partial charge in [0, 0.05) is 23.9 Å². The number of hydrogen-bond acceptors (Lipinski definition) is 4. The van der Waals surface area contributed by atoms with Crippen LogP contribution in [0.3, 0.4) is 0 Å². The molecule has 3 aromatic carbocycles. The van der Waals surface area contributed by atoms with Crippen LogP contribution in [-0.4, -0.2) is 32.2 Å². The molecule has 31 heavy (non-hydrogen) atoms. The Bertz CT molecular complexity index is 1190. The number of hydrogen-bond donors (Lipinski definition) is 2. The van der Waals surface area contributed by atoms with Crippen LogP contribution in [0.25, 0.3) is 0 Å². The number of nitrogens with two attached hydrogens (primary N) is 1. The number of primary sulfonamides is 1. The van der Waals surface area contributed by atoms with Crippen molar-refractivity contribution in [2.24, 2.45) is 5.14 Å². The summed E-state index contributed by atoms with van der Waals surface area (Å²) >= 11 is 0.